The molecule has 1 aromatic rings. The van der Waals surface area contributed by atoms with Crippen LogP contribution >= 0.6 is 0 Å². The lowest BCUT2D eigenvalue weighted by Gasteiger charge is -2.33. The first-order chi connectivity index (χ1) is 9.32. The highest BCUT2D eigenvalue weighted by molar-refractivity contribution is 7.89. The second-order valence-corrected chi connectivity index (χ2v) is 7.06. The van der Waals surface area contributed by atoms with Gasteiger partial charge >= 0.3 is 0 Å². The summed E-state index contributed by atoms with van der Waals surface area (Å²) in [7, 11) is -4.02. The van der Waals surface area contributed by atoms with Crippen LogP contribution in [0.3, 0.4) is 0 Å². The molecule has 1 saturated carbocycles. The van der Waals surface area contributed by atoms with Crippen molar-refractivity contribution >= 4 is 10.0 Å². The Morgan fingerprint density at radius 3 is 2.45 bits per heavy atom. The van der Waals surface area contributed by atoms with Crippen molar-refractivity contribution < 1.29 is 17.2 Å². The fourth-order valence-corrected chi connectivity index (χ4v) is 3.64. The van der Waals surface area contributed by atoms with Crippen LogP contribution in [0.2, 0.25) is 0 Å². The molecule has 1 aliphatic rings. The van der Waals surface area contributed by atoms with Crippen LogP contribution in [0.15, 0.2) is 23.1 Å². The Hall–Kier alpha value is -1.05. The largest absolute Gasteiger partial charge is 0.324 e. The number of sulfonamides is 1. The molecule has 3 N–H and O–H groups in total. The number of hydrogen-bond acceptors (Lipinski definition) is 3. The van der Waals surface area contributed by atoms with Crippen LogP contribution < -0.4 is 10.5 Å². The fourth-order valence-electron chi connectivity index (χ4n) is 2.44. The Morgan fingerprint density at radius 1 is 1.20 bits per heavy atom. The van der Waals surface area contributed by atoms with Gasteiger partial charge in [0, 0.05) is 18.2 Å². The number of benzene rings is 1. The summed E-state index contributed by atoms with van der Waals surface area (Å²) < 4.78 is 52.7. The van der Waals surface area contributed by atoms with E-state index < -0.39 is 32.1 Å². The molecule has 1 aliphatic carbocycles. The van der Waals surface area contributed by atoms with Gasteiger partial charge < -0.3 is 5.73 Å². The third kappa shape index (κ3) is 3.53. The van der Waals surface area contributed by atoms with Crippen LogP contribution in [0.4, 0.5) is 8.78 Å². The summed E-state index contributed by atoms with van der Waals surface area (Å²) in [4.78, 5) is -0.557. The Kier molecular flexibility index (Phi) is 4.41. The van der Waals surface area contributed by atoms with Gasteiger partial charge in [-0.05, 0) is 25.0 Å². The molecule has 2 rings (SSSR count). The first-order valence-corrected chi connectivity index (χ1v) is 8.04. The number of rotatable bonds is 4. The van der Waals surface area contributed by atoms with Crippen LogP contribution in [-0.2, 0) is 10.0 Å². The molecule has 7 heteroatoms. The zero-order chi connectivity index (χ0) is 14.8. The van der Waals surface area contributed by atoms with Crippen molar-refractivity contribution in [3.63, 3.8) is 0 Å². The molecule has 0 unspecified atom stereocenters. The summed E-state index contributed by atoms with van der Waals surface area (Å²) in [6.45, 7) is 0.0617. The number of halogens is 2. The first-order valence-electron chi connectivity index (χ1n) is 6.56. The molecule has 0 heterocycles. The van der Waals surface area contributed by atoms with Crippen LogP contribution in [0.1, 0.15) is 32.1 Å². The Bertz CT molecular complexity index is 584. The number of nitrogens with two attached hydrogens (primary N) is 1. The Balaban J connectivity index is 2.11. The lowest BCUT2D eigenvalue weighted by Crippen LogP contribution is -2.51. The predicted molar refractivity (Wildman–Crippen MR) is 71.5 cm³/mol. The van der Waals surface area contributed by atoms with Gasteiger partial charge in [-0.3, -0.25) is 0 Å². The second kappa shape index (κ2) is 5.75. The Labute approximate surface area is 117 Å². The lowest BCUT2D eigenvalue weighted by molar-refractivity contribution is 0.296. The van der Waals surface area contributed by atoms with Gasteiger partial charge in [0.05, 0.1) is 0 Å². The van der Waals surface area contributed by atoms with E-state index in [1.54, 1.807) is 0 Å². The van der Waals surface area contributed by atoms with Crippen molar-refractivity contribution in [1.82, 2.24) is 4.72 Å². The monoisotopic (exact) mass is 304 g/mol. The fraction of sp³-hybridized carbons (Fsp3) is 0.538. The quantitative estimate of drug-likeness (QED) is 0.892. The minimum atomic E-state index is -4.02. The summed E-state index contributed by atoms with van der Waals surface area (Å²) in [5.74, 6) is -1.92. The minimum Gasteiger partial charge on any atom is -0.324 e. The second-order valence-electron chi connectivity index (χ2n) is 5.32. The zero-order valence-corrected chi connectivity index (χ0v) is 11.8. The molecule has 1 aromatic carbocycles. The summed E-state index contributed by atoms with van der Waals surface area (Å²) in [5, 5.41) is 0. The molecule has 0 bridgehead atoms. The molecule has 20 heavy (non-hydrogen) atoms. The maximum absolute atomic E-state index is 13.5. The van der Waals surface area contributed by atoms with Crippen molar-refractivity contribution in [3.05, 3.63) is 29.8 Å². The average molecular weight is 304 g/mol. The van der Waals surface area contributed by atoms with E-state index in [9.17, 15) is 17.2 Å². The molecule has 0 spiro atoms. The molecule has 4 nitrogen and oxygen atoms in total. The summed E-state index contributed by atoms with van der Waals surface area (Å²) in [6.07, 6.45) is 4.49. The normalized spacial score (nSPS) is 18.9. The van der Waals surface area contributed by atoms with Gasteiger partial charge in [0.15, 0.2) is 0 Å². The minimum absolute atomic E-state index is 0.0617. The number of hydrogen-bond donors (Lipinski definition) is 2. The van der Waals surface area contributed by atoms with Crippen LogP contribution in [0.5, 0.6) is 0 Å². The molecule has 0 saturated heterocycles. The van der Waals surface area contributed by atoms with E-state index in [0.29, 0.717) is 6.07 Å². The highest BCUT2D eigenvalue weighted by atomic mass is 32.2. The van der Waals surface area contributed by atoms with Crippen molar-refractivity contribution in [2.75, 3.05) is 6.54 Å². The summed E-state index contributed by atoms with van der Waals surface area (Å²) >= 11 is 0. The van der Waals surface area contributed by atoms with E-state index >= 15 is 0 Å². The van der Waals surface area contributed by atoms with Crippen LogP contribution in [0, 0.1) is 11.6 Å². The molecular weight excluding hydrogens is 286 g/mol. The van der Waals surface area contributed by atoms with E-state index in [1.807, 2.05) is 0 Å². The number of nitrogens with one attached hydrogen (secondary N) is 1. The standard InChI is InChI=1S/C13H18F2N2O2S/c14-10-4-5-12(11(15)8-10)20(18,19)17-9-13(16)6-2-1-3-7-13/h4-5,8,17H,1-3,6-7,9,16H2. The van der Waals surface area contributed by atoms with Gasteiger partial charge in [0.1, 0.15) is 16.5 Å². The van der Waals surface area contributed by atoms with Gasteiger partial charge in [0.2, 0.25) is 10.0 Å². The molecule has 0 atom stereocenters. The summed E-state index contributed by atoms with van der Waals surface area (Å²) in [5.41, 5.74) is 5.54. The van der Waals surface area contributed by atoms with E-state index in [-0.39, 0.29) is 6.54 Å². The van der Waals surface area contributed by atoms with Gasteiger partial charge in [-0.25, -0.2) is 21.9 Å². The molecule has 0 aromatic heterocycles. The van der Waals surface area contributed by atoms with Gasteiger partial charge in [-0.2, -0.15) is 0 Å². The molecule has 0 radical (unpaired) electrons. The topological polar surface area (TPSA) is 72.2 Å². The lowest BCUT2D eigenvalue weighted by atomic mass is 9.83. The van der Waals surface area contributed by atoms with E-state index in [4.69, 9.17) is 5.73 Å². The summed E-state index contributed by atoms with van der Waals surface area (Å²) in [6, 6.07) is 2.38. The maximum atomic E-state index is 13.5. The van der Waals surface area contributed by atoms with Crippen LogP contribution in [0.25, 0.3) is 0 Å². The van der Waals surface area contributed by atoms with Gasteiger partial charge in [0.25, 0.3) is 0 Å². The smallest absolute Gasteiger partial charge is 0.243 e. The van der Waals surface area contributed by atoms with E-state index in [2.05, 4.69) is 4.72 Å². The third-order valence-electron chi connectivity index (χ3n) is 3.65. The molecule has 0 aliphatic heterocycles. The first kappa shape index (κ1) is 15.3. The van der Waals surface area contributed by atoms with Gasteiger partial charge in [-0.15, -0.1) is 0 Å². The Morgan fingerprint density at radius 2 is 1.85 bits per heavy atom. The highest BCUT2D eigenvalue weighted by Crippen LogP contribution is 2.26. The van der Waals surface area contributed by atoms with Crippen molar-refractivity contribution in [1.29, 1.82) is 0 Å². The van der Waals surface area contributed by atoms with Crippen molar-refractivity contribution in [2.45, 2.75) is 42.5 Å². The van der Waals surface area contributed by atoms with Crippen molar-refractivity contribution in [2.24, 2.45) is 5.73 Å². The highest BCUT2D eigenvalue weighted by Gasteiger charge is 2.30. The van der Waals surface area contributed by atoms with E-state index in [1.165, 1.54) is 0 Å². The van der Waals surface area contributed by atoms with Crippen molar-refractivity contribution in [3.8, 4) is 0 Å². The SMILES string of the molecule is NC1(CNS(=O)(=O)c2ccc(F)cc2F)CCCCC1. The van der Waals surface area contributed by atoms with Gasteiger partial charge in [-0.1, -0.05) is 19.3 Å². The average Bonchev–Trinajstić information content (AvgIpc) is 2.37. The third-order valence-corrected chi connectivity index (χ3v) is 5.08. The molecule has 1 fully saturated rings. The van der Waals surface area contributed by atoms with Crippen LogP contribution in [-0.4, -0.2) is 20.5 Å². The van der Waals surface area contributed by atoms with E-state index in [0.717, 1.165) is 44.2 Å². The maximum Gasteiger partial charge on any atom is 0.243 e. The molecular formula is C13H18F2N2O2S. The molecule has 112 valence electrons. The molecule has 0 amide bonds. The predicted octanol–water partition coefficient (Wildman–Crippen LogP) is 1.90. The zero-order valence-electron chi connectivity index (χ0n) is 11.0.